The van der Waals surface area contributed by atoms with Crippen molar-refractivity contribution >= 4 is 12.0 Å². The summed E-state index contributed by atoms with van der Waals surface area (Å²) >= 11 is 0. The van der Waals surface area contributed by atoms with Crippen LogP contribution in [0.3, 0.4) is 0 Å². The molecule has 2 aromatic carbocycles. The monoisotopic (exact) mass is 341 g/mol. The van der Waals surface area contributed by atoms with Crippen molar-refractivity contribution in [1.82, 2.24) is 5.48 Å². The molecule has 5 nitrogen and oxygen atoms in total. The van der Waals surface area contributed by atoms with E-state index in [1.807, 2.05) is 62.4 Å². The van der Waals surface area contributed by atoms with E-state index >= 15 is 0 Å². The Bertz CT molecular complexity index is 698. The first-order valence-corrected chi connectivity index (χ1v) is 8.26. The van der Waals surface area contributed by atoms with Gasteiger partial charge in [0.1, 0.15) is 0 Å². The smallest absolute Gasteiger partial charge is 0.267 e. The molecule has 2 rings (SSSR count). The van der Waals surface area contributed by atoms with Crippen LogP contribution in [0.1, 0.15) is 25.0 Å². The molecule has 0 aromatic heterocycles. The Morgan fingerprint density at radius 3 is 2.44 bits per heavy atom. The summed E-state index contributed by atoms with van der Waals surface area (Å²) < 4.78 is 11.1. The van der Waals surface area contributed by atoms with E-state index in [2.05, 4.69) is 5.48 Å². The van der Waals surface area contributed by atoms with Gasteiger partial charge in [-0.3, -0.25) is 9.63 Å². The van der Waals surface area contributed by atoms with Gasteiger partial charge in [-0.25, -0.2) is 5.48 Å². The summed E-state index contributed by atoms with van der Waals surface area (Å²) in [6.45, 7) is 5.26. The number of carbonyl (C=O) groups excluding carboxylic acids is 1. The number of hydroxylamine groups is 1. The highest BCUT2D eigenvalue weighted by Gasteiger charge is 2.05. The van der Waals surface area contributed by atoms with Crippen LogP contribution in [-0.2, 0) is 16.2 Å². The van der Waals surface area contributed by atoms with E-state index in [0.717, 1.165) is 11.1 Å². The van der Waals surface area contributed by atoms with Gasteiger partial charge in [-0.1, -0.05) is 36.4 Å². The van der Waals surface area contributed by atoms with Crippen molar-refractivity contribution in [3.63, 3.8) is 0 Å². The van der Waals surface area contributed by atoms with Crippen LogP contribution in [0.2, 0.25) is 0 Å². The van der Waals surface area contributed by atoms with E-state index in [-0.39, 0.29) is 5.91 Å². The Morgan fingerprint density at radius 1 is 1.00 bits per heavy atom. The molecule has 0 unspecified atom stereocenters. The zero-order valence-electron chi connectivity index (χ0n) is 14.5. The van der Waals surface area contributed by atoms with Gasteiger partial charge in [0, 0.05) is 6.08 Å². The van der Waals surface area contributed by atoms with Crippen LogP contribution in [-0.4, -0.2) is 19.1 Å². The highest BCUT2D eigenvalue weighted by atomic mass is 16.6. The van der Waals surface area contributed by atoms with Crippen molar-refractivity contribution in [2.24, 2.45) is 0 Å². The molecule has 1 N–H and O–H groups in total. The van der Waals surface area contributed by atoms with Gasteiger partial charge >= 0.3 is 0 Å². The van der Waals surface area contributed by atoms with Gasteiger partial charge in [-0.15, -0.1) is 0 Å². The molecule has 0 bridgehead atoms. The molecule has 5 heteroatoms. The zero-order valence-corrected chi connectivity index (χ0v) is 14.5. The Morgan fingerprint density at radius 2 is 1.72 bits per heavy atom. The third-order valence-electron chi connectivity index (χ3n) is 3.25. The molecule has 0 heterocycles. The maximum absolute atomic E-state index is 11.8. The molecule has 25 heavy (non-hydrogen) atoms. The van der Waals surface area contributed by atoms with Crippen LogP contribution in [0.15, 0.2) is 54.6 Å². The Labute approximate surface area is 148 Å². The first kappa shape index (κ1) is 18.5. The van der Waals surface area contributed by atoms with E-state index < -0.39 is 0 Å². The lowest BCUT2D eigenvalue weighted by atomic mass is 10.2. The largest absolute Gasteiger partial charge is 0.490 e. The molecular formula is C20H23NO4. The second-order valence-electron chi connectivity index (χ2n) is 5.15. The summed E-state index contributed by atoms with van der Waals surface area (Å²) in [4.78, 5) is 17.0. The summed E-state index contributed by atoms with van der Waals surface area (Å²) in [6.07, 6.45) is 3.11. The fraction of sp³-hybridized carbons (Fsp3) is 0.250. The van der Waals surface area contributed by atoms with Crippen LogP contribution < -0.4 is 15.0 Å². The van der Waals surface area contributed by atoms with Gasteiger partial charge in [0.2, 0.25) is 0 Å². The van der Waals surface area contributed by atoms with Crippen molar-refractivity contribution in [3.05, 3.63) is 65.7 Å². The summed E-state index contributed by atoms with van der Waals surface area (Å²) in [6, 6.07) is 15.2. The standard InChI is InChI=1S/C20H23NO4/c1-3-23-18-12-10-16(14-19(18)24-4-2)11-13-20(22)21-25-15-17-8-6-5-7-9-17/h5-14H,3-4,15H2,1-2H3,(H,21,22)/b13-11+. The van der Waals surface area contributed by atoms with E-state index in [4.69, 9.17) is 14.3 Å². The van der Waals surface area contributed by atoms with Crippen molar-refractivity contribution in [2.45, 2.75) is 20.5 Å². The quantitative estimate of drug-likeness (QED) is 0.557. The van der Waals surface area contributed by atoms with E-state index in [9.17, 15) is 4.79 Å². The number of amides is 1. The molecule has 1 amide bonds. The van der Waals surface area contributed by atoms with Gasteiger partial charge in [0.25, 0.3) is 5.91 Å². The number of ether oxygens (including phenoxy) is 2. The molecule has 0 fully saturated rings. The Balaban J connectivity index is 1.89. The van der Waals surface area contributed by atoms with Crippen molar-refractivity contribution in [1.29, 1.82) is 0 Å². The normalized spacial score (nSPS) is 10.6. The van der Waals surface area contributed by atoms with Crippen LogP contribution in [0.25, 0.3) is 6.08 Å². The molecule has 0 aliphatic heterocycles. The second-order valence-corrected chi connectivity index (χ2v) is 5.15. The van der Waals surface area contributed by atoms with Crippen molar-refractivity contribution in [3.8, 4) is 11.5 Å². The number of rotatable bonds is 9. The summed E-state index contributed by atoms with van der Waals surface area (Å²) in [5, 5.41) is 0. The first-order chi connectivity index (χ1) is 12.2. The summed E-state index contributed by atoms with van der Waals surface area (Å²) in [5.41, 5.74) is 4.22. The summed E-state index contributed by atoms with van der Waals surface area (Å²) in [5.74, 6) is 1.02. The number of benzene rings is 2. The van der Waals surface area contributed by atoms with Gasteiger partial charge < -0.3 is 9.47 Å². The lowest BCUT2D eigenvalue weighted by molar-refractivity contribution is -0.129. The highest BCUT2D eigenvalue weighted by Crippen LogP contribution is 2.28. The maximum Gasteiger partial charge on any atom is 0.267 e. The molecular weight excluding hydrogens is 318 g/mol. The molecule has 0 atom stereocenters. The van der Waals surface area contributed by atoms with E-state index in [0.29, 0.717) is 31.3 Å². The van der Waals surface area contributed by atoms with E-state index in [1.54, 1.807) is 6.08 Å². The van der Waals surface area contributed by atoms with Crippen LogP contribution in [0, 0.1) is 0 Å². The SMILES string of the molecule is CCOc1ccc(/C=C/C(=O)NOCc2ccccc2)cc1OCC. The molecule has 0 radical (unpaired) electrons. The first-order valence-electron chi connectivity index (χ1n) is 8.26. The van der Waals surface area contributed by atoms with Crippen LogP contribution in [0.5, 0.6) is 11.5 Å². The molecule has 0 saturated carbocycles. The number of nitrogens with one attached hydrogen (secondary N) is 1. The van der Waals surface area contributed by atoms with E-state index in [1.165, 1.54) is 6.08 Å². The lowest BCUT2D eigenvalue weighted by Crippen LogP contribution is -2.21. The van der Waals surface area contributed by atoms with Gasteiger partial charge in [-0.05, 0) is 43.2 Å². The predicted molar refractivity (Wildman–Crippen MR) is 97.2 cm³/mol. The molecule has 0 aliphatic rings. The Hall–Kier alpha value is -2.79. The fourth-order valence-corrected chi connectivity index (χ4v) is 2.14. The molecule has 0 saturated heterocycles. The molecule has 132 valence electrons. The second kappa shape index (κ2) is 10.2. The topological polar surface area (TPSA) is 56.8 Å². The highest BCUT2D eigenvalue weighted by molar-refractivity contribution is 5.91. The average Bonchev–Trinajstić information content (AvgIpc) is 2.63. The number of carbonyl (C=O) groups is 1. The number of hydrogen-bond acceptors (Lipinski definition) is 4. The third kappa shape index (κ3) is 6.31. The minimum atomic E-state index is -0.331. The minimum Gasteiger partial charge on any atom is -0.490 e. The zero-order chi connectivity index (χ0) is 17.9. The van der Waals surface area contributed by atoms with Crippen LogP contribution >= 0.6 is 0 Å². The lowest BCUT2D eigenvalue weighted by Gasteiger charge is -2.11. The predicted octanol–water partition coefficient (Wildman–Crippen LogP) is 3.75. The summed E-state index contributed by atoms with van der Waals surface area (Å²) in [7, 11) is 0. The third-order valence-corrected chi connectivity index (χ3v) is 3.25. The van der Waals surface area contributed by atoms with Gasteiger partial charge in [-0.2, -0.15) is 0 Å². The minimum absolute atomic E-state index is 0.317. The molecule has 0 spiro atoms. The van der Waals surface area contributed by atoms with Gasteiger partial charge in [0.05, 0.1) is 19.8 Å². The fourth-order valence-electron chi connectivity index (χ4n) is 2.14. The average molecular weight is 341 g/mol. The van der Waals surface area contributed by atoms with Crippen molar-refractivity contribution < 1.29 is 19.1 Å². The molecule has 2 aromatic rings. The maximum atomic E-state index is 11.8. The van der Waals surface area contributed by atoms with Crippen molar-refractivity contribution in [2.75, 3.05) is 13.2 Å². The van der Waals surface area contributed by atoms with Gasteiger partial charge in [0.15, 0.2) is 11.5 Å². The van der Waals surface area contributed by atoms with Crippen LogP contribution in [0.4, 0.5) is 0 Å². The molecule has 0 aliphatic carbocycles. The Kier molecular flexibility index (Phi) is 7.53. The number of hydrogen-bond donors (Lipinski definition) is 1.